The number of imidazole rings is 1. The zero-order valence-corrected chi connectivity index (χ0v) is 15.6. The van der Waals surface area contributed by atoms with Gasteiger partial charge in [-0.15, -0.1) is 0 Å². The molecule has 3 saturated heterocycles. The van der Waals surface area contributed by atoms with Crippen LogP contribution in [-0.4, -0.2) is 61.1 Å². The normalized spacial score (nSPS) is 28.2. The maximum atomic E-state index is 13.3. The third-order valence-electron chi connectivity index (χ3n) is 6.40. The molecule has 8 heteroatoms. The van der Waals surface area contributed by atoms with Crippen molar-refractivity contribution in [2.24, 2.45) is 0 Å². The molecule has 1 spiro atoms. The second-order valence-electron chi connectivity index (χ2n) is 7.75. The predicted molar refractivity (Wildman–Crippen MR) is 102 cm³/mol. The molecule has 2 amide bonds. The Hall–Kier alpha value is -3.26. The molecule has 3 aliphatic rings. The smallest absolute Gasteiger partial charge is 0.274 e. The average Bonchev–Trinajstić information content (AvgIpc) is 3.48. The van der Waals surface area contributed by atoms with E-state index in [2.05, 4.69) is 10.1 Å². The van der Waals surface area contributed by atoms with Gasteiger partial charge < -0.3 is 14.5 Å². The third-order valence-corrected chi connectivity index (χ3v) is 6.40. The summed E-state index contributed by atoms with van der Waals surface area (Å²) in [7, 11) is 0. The summed E-state index contributed by atoms with van der Waals surface area (Å²) in [6.45, 7) is 0.986. The monoisotopic (exact) mass is 389 g/mol. The van der Waals surface area contributed by atoms with E-state index in [-0.39, 0.29) is 30.3 Å². The Morgan fingerprint density at radius 1 is 1.17 bits per heavy atom. The lowest BCUT2D eigenvalue weighted by molar-refractivity contribution is -0.138. The van der Waals surface area contributed by atoms with Crippen LogP contribution >= 0.6 is 0 Å². The summed E-state index contributed by atoms with van der Waals surface area (Å²) >= 11 is 0. The van der Waals surface area contributed by atoms with Crippen molar-refractivity contribution in [2.75, 3.05) is 13.2 Å². The average molecular weight is 389 g/mol. The molecule has 146 valence electrons. The Labute approximate surface area is 166 Å². The summed E-state index contributed by atoms with van der Waals surface area (Å²) in [5.41, 5.74) is 1.35. The molecule has 0 radical (unpaired) electrons. The Morgan fingerprint density at radius 2 is 2.03 bits per heavy atom. The molecule has 3 fully saturated rings. The van der Waals surface area contributed by atoms with E-state index in [1.807, 2.05) is 35.2 Å². The van der Waals surface area contributed by atoms with Gasteiger partial charge in [0.25, 0.3) is 5.91 Å². The fourth-order valence-corrected chi connectivity index (χ4v) is 5.13. The number of nitrogens with zero attached hydrogens (tertiary/aromatic N) is 5. The molecule has 0 aliphatic carbocycles. The van der Waals surface area contributed by atoms with Crippen molar-refractivity contribution in [1.29, 1.82) is 0 Å². The Morgan fingerprint density at radius 3 is 2.90 bits per heavy atom. The van der Waals surface area contributed by atoms with Crippen LogP contribution in [0.1, 0.15) is 34.9 Å². The maximum absolute atomic E-state index is 13.3. The number of aromatic nitrogens is 3. The van der Waals surface area contributed by atoms with Gasteiger partial charge >= 0.3 is 0 Å². The van der Waals surface area contributed by atoms with Gasteiger partial charge in [-0.25, -0.2) is 9.50 Å². The van der Waals surface area contributed by atoms with Gasteiger partial charge in [0, 0.05) is 19.2 Å². The topological polar surface area (TPSA) is 80.0 Å². The van der Waals surface area contributed by atoms with Gasteiger partial charge in [-0.3, -0.25) is 9.59 Å². The summed E-state index contributed by atoms with van der Waals surface area (Å²) in [4.78, 5) is 34.3. The zero-order valence-electron chi connectivity index (χ0n) is 15.6. The van der Waals surface area contributed by atoms with Crippen LogP contribution in [0.15, 0.2) is 54.9 Å². The zero-order chi connectivity index (χ0) is 19.6. The SMILES string of the molecule is O=C(c1cnc2cccnn12)N1CC[C@@]23OC[C@@H](c4ccccc4)N2C(=O)C[C@@H]13. The van der Waals surface area contributed by atoms with E-state index in [0.29, 0.717) is 30.9 Å². The molecule has 3 aliphatic heterocycles. The van der Waals surface area contributed by atoms with Gasteiger partial charge in [0.2, 0.25) is 5.91 Å². The third kappa shape index (κ3) is 2.17. The van der Waals surface area contributed by atoms with Crippen molar-refractivity contribution in [3.8, 4) is 0 Å². The maximum Gasteiger partial charge on any atom is 0.274 e. The van der Waals surface area contributed by atoms with Crippen LogP contribution in [0.5, 0.6) is 0 Å². The van der Waals surface area contributed by atoms with Crippen molar-refractivity contribution < 1.29 is 14.3 Å². The fraction of sp³-hybridized carbons (Fsp3) is 0.333. The van der Waals surface area contributed by atoms with Gasteiger partial charge in [-0.1, -0.05) is 30.3 Å². The first-order valence-electron chi connectivity index (χ1n) is 9.80. The van der Waals surface area contributed by atoms with Gasteiger partial charge in [0.15, 0.2) is 17.1 Å². The van der Waals surface area contributed by atoms with Gasteiger partial charge in [-0.05, 0) is 17.7 Å². The highest BCUT2D eigenvalue weighted by Gasteiger charge is 2.65. The van der Waals surface area contributed by atoms with Crippen molar-refractivity contribution in [3.05, 3.63) is 66.1 Å². The summed E-state index contributed by atoms with van der Waals surface area (Å²) in [6, 6.07) is 13.1. The summed E-state index contributed by atoms with van der Waals surface area (Å²) in [6.07, 6.45) is 4.07. The highest BCUT2D eigenvalue weighted by Crippen LogP contribution is 2.51. The van der Waals surface area contributed by atoms with E-state index < -0.39 is 5.72 Å². The van der Waals surface area contributed by atoms with Crippen LogP contribution in [-0.2, 0) is 9.53 Å². The molecule has 29 heavy (non-hydrogen) atoms. The number of amides is 2. The number of ether oxygens (including phenoxy) is 1. The molecule has 1 aromatic carbocycles. The summed E-state index contributed by atoms with van der Waals surface area (Å²) in [5.74, 6) is -0.130. The molecule has 0 N–H and O–H groups in total. The van der Waals surface area contributed by atoms with E-state index in [9.17, 15) is 9.59 Å². The highest BCUT2D eigenvalue weighted by atomic mass is 16.5. The molecule has 3 atom stereocenters. The Kier molecular flexibility index (Phi) is 3.37. The molecule has 0 saturated carbocycles. The number of carbonyl (C=O) groups is 2. The molecule has 5 heterocycles. The first-order valence-corrected chi connectivity index (χ1v) is 9.80. The molecule has 2 aromatic heterocycles. The van der Waals surface area contributed by atoms with E-state index in [0.717, 1.165) is 5.56 Å². The standard InChI is InChI=1S/C21H19N5O3/c27-19-11-17-21(25(19)16(13-29-21)14-5-2-1-3-6-14)8-10-24(17)20(28)15-12-22-18-7-4-9-23-26(15)18/h1-7,9,12,16-17H,8,10-11,13H2/t16-,17+,21-/m0/s1. The minimum atomic E-state index is -0.735. The number of hydrogen-bond donors (Lipinski definition) is 0. The molecule has 0 unspecified atom stereocenters. The van der Waals surface area contributed by atoms with Crippen LogP contribution in [0.4, 0.5) is 0 Å². The number of fused-ring (bicyclic) bond motifs is 1. The number of benzene rings is 1. The van der Waals surface area contributed by atoms with Crippen LogP contribution in [0.2, 0.25) is 0 Å². The van der Waals surface area contributed by atoms with Crippen molar-refractivity contribution >= 4 is 17.5 Å². The van der Waals surface area contributed by atoms with Crippen LogP contribution in [0.3, 0.4) is 0 Å². The van der Waals surface area contributed by atoms with E-state index >= 15 is 0 Å². The number of likely N-dealkylation sites (tertiary alicyclic amines) is 1. The van der Waals surface area contributed by atoms with Gasteiger partial charge in [-0.2, -0.15) is 5.10 Å². The highest BCUT2D eigenvalue weighted by molar-refractivity contribution is 5.95. The van der Waals surface area contributed by atoms with E-state index in [1.165, 1.54) is 0 Å². The van der Waals surface area contributed by atoms with E-state index in [4.69, 9.17) is 4.74 Å². The lowest BCUT2D eigenvalue weighted by Gasteiger charge is -2.33. The summed E-state index contributed by atoms with van der Waals surface area (Å²) < 4.78 is 7.83. The lowest BCUT2D eigenvalue weighted by Crippen LogP contribution is -2.49. The largest absolute Gasteiger partial charge is 0.351 e. The molecule has 6 rings (SSSR count). The van der Waals surface area contributed by atoms with Gasteiger partial charge in [0.1, 0.15) is 0 Å². The second-order valence-corrected chi connectivity index (χ2v) is 7.75. The number of carbonyl (C=O) groups excluding carboxylic acids is 2. The minimum Gasteiger partial charge on any atom is -0.351 e. The first-order chi connectivity index (χ1) is 14.2. The van der Waals surface area contributed by atoms with Crippen LogP contribution in [0, 0.1) is 0 Å². The van der Waals surface area contributed by atoms with Gasteiger partial charge in [0.05, 0.1) is 31.3 Å². The van der Waals surface area contributed by atoms with Crippen molar-refractivity contribution in [2.45, 2.75) is 30.7 Å². The summed E-state index contributed by atoms with van der Waals surface area (Å²) in [5, 5.41) is 4.25. The quantitative estimate of drug-likeness (QED) is 0.666. The molecule has 3 aromatic rings. The Bertz CT molecular complexity index is 1130. The fourth-order valence-electron chi connectivity index (χ4n) is 5.13. The van der Waals surface area contributed by atoms with Crippen molar-refractivity contribution in [3.63, 3.8) is 0 Å². The number of hydrogen-bond acceptors (Lipinski definition) is 5. The molecular formula is C21H19N5O3. The van der Waals surface area contributed by atoms with Crippen molar-refractivity contribution in [1.82, 2.24) is 24.4 Å². The molecule has 0 bridgehead atoms. The van der Waals surface area contributed by atoms with Crippen LogP contribution in [0.25, 0.3) is 5.65 Å². The second kappa shape index (κ2) is 5.87. The minimum absolute atomic E-state index is 0.0371. The first kappa shape index (κ1) is 16.7. The van der Waals surface area contributed by atoms with Crippen LogP contribution < -0.4 is 0 Å². The molecular weight excluding hydrogens is 370 g/mol. The Balaban J connectivity index is 1.35. The predicted octanol–water partition coefficient (Wildman–Crippen LogP) is 1.64. The van der Waals surface area contributed by atoms with E-state index in [1.54, 1.807) is 33.9 Å². The molecule has 8 nitrogen and oxygen atoms in total. The number of rotatable bonds is 2. The lowest BCUT2D eigenvalue weighted by atomic mass is 10.0.